The number of nitrogens with zero attached hydrogens (tertiary/aromatic N) is 2. The first kappa shape index (κ1) is 30.9. The van der Waals surface area contributed by atoms with Gasteiger partial charge in [-0.05, 0) is 54.7 Å². The van der Waals surface area contributed by atoms with Crippen LogP contribution in [0.3, 0.4) is 0 Å². The lowest BCUT2D eigenvalue weighted by Crippen LogP contribution is -2.48. The molecule has 42 heavy (non-hydrogen) atoms. The van der Waals surface area contributed by atoms with E-state index in [0.717, 1.165) is 28.2 Å². The predicted octanol–water partition coefficient (Wildman–Crippen LogP) is 4.48. The van der Waals surface area contributed by atoms with Crippen LogP contribution in [0.4, 0.5) is 0 Å². The van der Waals surface area contributed by atoms with E-state index in [2.05, 4.69) is 34.7 Å². The zero-order valence-electron chi connectivity index (χ0n) is 24.2. The molecule has 0 bridgehead atoms. The molecule has 0 spiro atoms. The molecule has 4 N–H and O–H groups in total. The van der Waals surface area contributed by atoms with Crippen LogP contribution >= 0.6 is 11.3 Å². The van der Waals surface area contributed by atoms with E-state index in [1.807, 2.05) is 54.8 Å². The first-order valence-electron chi connectivity index (χ1n) is 14.0. The van der Waals surface area contributed by atoms with Crippen molar-refractivity contribution in [2.75, 3.05) is 13.6 Å². The van der Waals surface area contributed by atoms with Crippen molar-refractivity contribution in [3.8, 4) is 5.75 Å². The van der Waals surface area contributed by atoms with Crippen molar-refractivity contribution in [2.45, 2.75) is 51.9 Å². The Morgan fingerprint density at radius 1 is 0.976 bits per heavy atom. The second kappa shape index (κ2) is 14.7. The van der Waals surface area contributed by atoms with Gasteiger partial charge in [0.15, 0.2) is 0 Å². The number of phenolic OH excluding ortho intramolecular Hbond substituents is 1. The second-order valence-corrected chi connectivity index (χ2v) is 11.4. The average molecular weight is 587 g/mol. The summed E-state index contributed by atoms with van der Waals surface area (Å²) in [6.45, 7) is 5.17. The van der Waals surface area contributed by atoms with E-state index in [9.17, 15) is 19.8 Å². The summed E-state index contributed by atoms with van der Waals surface area (Å²) in [5.74, 6) is -1.03. The van der Waals surface area contributed by atoms with E-state index in [1.165, 1.54) is 40.0 Å². The van der Waals surface area contributed by atoms with E-state index in [1.54, 1.807) is 7.05 Å². The van der Waals surface area contributed by atoms with E-state index in [0.29, 0.717) is 19.5 Å². The first-order valence-corrected chi connectivity index (χ1v) is 14.9. The number of phenols is 1. The Bertz CT molecular complexity index is 1490. The number of amides is 2. The number of carbonyl (C=O) groups excluding carboxylic acids is 2. The van der Waals surface area contributed by atoms with Gasteiger partial charge in [0.05, 0.1) is 18.7 Å². The topological polar surface area (TPSA) is 115 Å². The molecule has 0 unspecified atom stereocenters. The number of aromatic hydroxyl groups is 1. The molecule has 0 saturated heterocycles. The molecule has 0 radical (unpaired) electrons. The van der Waals surface area contributed by atoms with Gasteiger partial charge in [-0.2, -0.15) is 0 Å². The molecular formula is C33H38N4O4S. The molecule has 2 amide bonds. The van der Waals surface area contributed by atoms with Crippen LogP contribution in [0, 0.1) is 6.92 Å². The highest BCUT2D eigenvalue weighted by molar-refractivity contribution is 7.09. The van der Waals surface area contributed by atoms with E-state index in [-0.39, 0.29) is 29.3 Å². The molecule has 8 nitrogen and oxygen atoms in total. The van der Waals surface area contributed by atoms with Crippen molar-refractivity contribution < 1.29 is 19.8 Å². The number of aliphatic hydroxyl groups excluding tert-OH is 1. The highest BCUT2D eigenvalue weighted by atomic mass is 32.1. The molecule has 0 aliphatic carbocycles. The molecule has 9 heteroatoms. The summed E-state index contributed by atoms with van der Waals surface area (Å²) in [5, 5.41) is 30.5. The molecule has 1 aromatic heterocycles. The Kier molecular flexibility index (Phi) is 10.8. The maximum absolute atomic E-state index is 13.4. The normalized spacial score (nSPS) is 12.5. The fraction of sp³-hybridized carbons (Fsp3) is 0.303. The summed E-state index contributed by atoms with van der Waals surface area (Å²) in [7, 11) is 1.65. The fourth-order valence-corrected chi connectivity index (χ4v) is 5.53. The second-order valence-electron chi connectivity index (χ2n) is 10.5. The summed E-state index contributed by atoms with van der Waals surface area (Å²) < 4.78 is 0. The summed E-state index contributed by atoms with van der Waals surface area (Å²) >= 11 is 1.47. The minimum atomic E-state index is -0.894. The first-order chi connectivity index (χ1) is 20.2. The number of aryl methyl sites for hydroxylation is 2. The quantitative estimate of drug-likeness (QED) is 0.184. The number of aliphatic hydroxyl groups is 1. The SMILES string of the molecule is CCc1cccc(CNC[C@@H](O)[C@H](Cc2ccccc2)NC(=O)c2cc(O)cc(C(=O)N(C)Cc3nc(C)cs3)c2)c1. The van der Waals surface area contributed by atoms with Gasteiger partial charge >= 0.3 is 0 Å². The maximum atomic E-state index is 13.4. The van der Waals surface area contributed by atoms with Crippen molar-refractivity contribution in [3.05, 3.63) is 117 Å². The lowest BCUT2D eigenvalue weighted by molar-refractivity contribution is 0.0784. The summed E-state index contributed by atoms with van der Waals surface area (Å²) in [6, 6.07) is 21.4. The Balaban J connectivity index is 1.46. The fourth-order valence-electron chi connectivity index (χ4n) is 4.71. The Labute approximate surface area is 251 Å². The zero-order chi connectivity index (χ0) is 30.1. The lowest BCUT2D eigenvalue weighted by Gasteiger charge is -2.25. The molecule has 3 aromatic carbocycles. The summed E-state index contributed by atoms with van der Waals surface area (Å²) in [4.78, 5) is 32.5. The third kappa shape index (κ3) is 8.72. The highest BCUT2D eigenvalue weighted by Gasteiger charge is 2.24. The van der Waals surface area contributed by atoms with Gasteiger partial charge in [0.1, 0.15) is 10.8 Å². The monoisotopic (exact) mass is 586 g/mol. The lowest BCUT2D eigenvalue weighted by atomic mass is 10.00. The molecular weight excluding hydrogens is 548 g/mol. The maximum Gasteiger partial charge on any atom is 0.254 e. The standard InChI is InChI=1S/C33H38N4O4S/c1-4-23-11-8-12-25(13-23)18-34-19-30(39)29(14-24-9-6-5-7-10-24)36-32(40)26-15-27(17-28(38)16-26)33(41)37(3)20-31-35-22(2)21-42-31/h5-13,15-17,21,29-30,34,38-39H,4,14,18-20H2,1-3H3,(H,36,40)/t29-,30+/m0/s1. The van der Waals surface area contributed by atoms with Gasteiger partial charge < -0.3 is 25.7 Å². The van der Waals surface area contributed by atoms with Gasteiger partial charge in [-0.25, -0.2) is 4.98 Å². The van der Waals surface area contributed by atoms with Gasteiger partial charge in [0.25, 0.3) is 11.8 Å². The van der Waals surface area contributed by atoms with Gasteiger partial charge in [0, 0.05) is 42.3 Å². The number of hydrogen-bond acceptors (Lipinski definition) is 7. The Morgan fingerprint density at radius 3 is 2.40 bits per heavy atom. The number of hydrogen-bond donors (Lipinski definition) is 4. The molecule has 0 fully saturated rings. The molecule has 0 saturated carbocycles. The Morgan fingerprint density at radius 2 is 1.69 bits per heavy atom. The molecule has 0 aliphatic heterocycles. The van der Waals surface area contributed by atoms with Gasteiger partial charge in [-0.15, -0.1) is 11.3 Å². The number of aromatic nitrogens is 1. The van der Waals surface area contributed by atoms with E-state index in [4.69, 9.17) is 0 Å². The van der Waals surface area contributed by atoms with Gasteiger partial charge in [-0.1, -0.05) is 61.5 Å². The molecule has 2 atom stereocenters. The van der Waals surface area contributed by atoms with Crippen molar-refractivity contribution in [1.29, 1.82) is 0 Å². The summed E-state index contributed by atoms with van der Waals surface area (Å²) in [6.07, 6.45) is 0.461. The number of carbonyl (C=O) groups is 2. The van der Waals surface area contributed by atoms with E-state index >= 15 is 0 Å². The zero-order valence-corrected chi connectivity index (χ0v) is 25.0. The number of rotatable bonds is 13. The van der Waals surface area contributed by atoms with Crippen LogP contribution in [0.2, 0.25) is 0 Å². The van der Waals surface area contributed by atoms with Crippen LogP contribution in [0.1, 0.15) is 55.0 Å². The highest BCUT2D eigenvalue weighted by Crippen LogP contribution is 2.20. The van der Waals surface area contributed by atoms with Crippen molar-refractivity contribution in [3.63, 3.8) is 0 Å². The third-order valence-corrected chi connectivity index (χ3v) is 7.93. The molecule has 220 valence electrons. The van der Waals surface area contributed by atoms with Crippen molar-refractivity contribution in [2.24, 2.45) is 0 Å². The molecule has 4 rings (SSSR count). The minimum Gasteiger partial charge on any atom is -0.508 e. The largest absolute Gasteiger partial charge is 0.508 e. The number of thiazole rings is 1. The Hall–Kier alpha value is -4.05. The number of nitrogens with one attached hydrogen (secondary N) is 2. The molecule has 4 aromatic rings. The smallest absolute Gasteiger partial charge is 0.254 e. The van der Waals surface area contributed by atoms with Crippen molar-refractivity contribution in [1.82, 2.24) is 20.5 Å². The van der Waals surface area contributed by atoms with Crippen LogP contribution in [-0.2, 0) is 25.9 Å². The van der Waals surface area contributed by atoms with E-state index < -0.39 is 18.1 Å². The van der Waals surface area contributed by atoms with Crippen LogP contribution in [0.5, 0.6) is 5.75 Å². The predicted molar refractivity (Wildman–Crippen MR) is 166 cm³/mol. The van der Waals surface area contributed by atoms with Gasteiger partial charge in [0.2, 0.25) is 0 Å². The van der Waals surface area contributed by atoms with Crippen LogP contribution in [0.15, 0.2) is 78.2 Å². The van der Waals surface area contributed by atoms with Crippen LogP contribution in [-0.4, -0.2) is 57.6 Å². The average Bonchev–Trinajstić information content (AvgIpc) is 3.40. The third-order valence-electron chi connectivity index (χ3n) is 6.97. The summed E-state index contributed by atoms with van der Waals surface area (Å²) in [5.41, 5.74) is 4.54. The molecule has 1 heterocycles. The minimum absolute atomic E-state index is 0.131. The van der Waals surface area contributed by atoms with Crippen LogP contribution < -0.4 is 10.6 Å². The number of benzene rings is 3. The van der Waals surface area contributed by atoms with Gasteiger partial charge in [-0.3, -0.25) is 9.59 Å². The van der Waals surface area contributed by atoms with Crippen molar-refractivity contribution >= 4 is 23.2 Å². The van der Waals surface area contributed by atoms with Crippen LogP contribution in [0.25, 0.3) is 0 Å². The molecule has 0 aliphatic rings.